The van der Waals surface area contributed by atoms with E-state index in [2.05, 4.69) is 4.72 Å². The molecule has 5 nitrogen and oxygen atoms in total. The van der Waals surface area contributed by atoms with E-state index < -0.39 is 16.1 Å². The summed E-state index contributed by atoms with van der Waals surface area (Å²) in [4.78, 5) is 0.181. The largest absolute Gasteiger partial charge is 0.399 e. The molecule has 0 aliphatic heterocycles. The number of nitrogens with two attached hydrogens (primary N) is 1. The lowest BCUT2D eigenvalue weighted by Crippen LogP contribution is -2.35. The van der Waals surface area contributed by atoms with Crippen LogP contribution in [0.2, 0.25) is 0 Å². The van der Waals surface area contributed by atoms with Crippen molar-refractivity contribution in [3.63, 3.8) is 0 Å². The summed E-state index contributed by atoms with van der Waals surface area (Å²) in [7, 11) is -3.63. The Morgan fingerprint density at radius 3 is 2.65 bits per heavy atom. The van der Waals surface area contributed by atoms with E-state index in [9.17, 15) is 8.42 Å². The molecule has 0 heterocycles. The third-order valence-electron chi connectivity index (χ3n) is 2.39. The number of hydrogen-bond acceptors (Lipinski definition) is 4. The molecule has 6 heteroatoms. The van der Waals surface area contributed by atoms with Gasteiger partial charge in [-0.2, -0.15) is 0 Å². The van der Waals surface area contributed by atoms with Gasteiger partial charge in [-0.3, -0.25) is 0 Å². The van der Waals surface area contributed by atoms with E-state index in [1.165, 1.54) is 6.07 Å². The van der Waals surface area contributed by atoms with Gasteiger partial charge in [0.1, 0.15) is 0 Å². The minimum Gasteiger partial charge on any atom is -0.399 e. The van der Waals surface area contributed by atoms with E-state index in [0.29, 0.717) is 17.7 Å². The van der Waals surface area contributed by atoms with E-state index in [1.807, 2.05) is 6.92 Å². The SMILES string of the molecule is CCc1ccc(N)cc1S(=O)(=O)NC(C)CO. The Balaban J connectivity index is 3.18. The molecule has 1 aromatic rings. The molecule has 0 aromatic heterocycles. The van der Waals surface area contributed by atoms with Gasteiger partial charge in [-0.05, 0) is 31.0 Å². The topological polar surface area (TPSA) is 92.4 Å². The first-order valence-electron chi connectivity index (χ1n) is 5.42. The predicted molar refractivity (Wildman–Crippen MR) is 67.1 cm³/mol. The van der Waals surface area contributed by atoms with Crippen molar-refractivity contribution in [2.24, 2.45) is 0 Å². The molecule has 0 bridgehead atoms. The summed E-state index contributed by atoms with van der Waals surface area (Å²) in [6.45, 7) is 3.22. The zero-order chi connectivity index (χ0) is 13.1. The van der Waals surface area contributed by atoms with Gasteiger partial charge in [0.2, 0.25) is 10.0 Å². The fourth-order valence-electron chi connectivity index (χ4n) is 1.48. The second-order valence-corrected chi connectivity index (χ2v) is 5.61. The number of sulfonamides is 1. The molecular weight excluding hydrogens is 240 g/mol. The maximum Gasteiger partial charge on any atom is 0.241 e. The van der Waals surface area contributed by atoms with Crippen molar-refractivity contribution >= 4 is 15.7 Å². The lowest BCUT2D eigenvalue weighted by atomic mass is 10.1. The predicted octanol–water partition coefficient (Wildman–Crippen LogP) is 0.490. The molecule has 17 heavy (non-hydrogen) atoms. The van der Waals surface area contributed by atoms with Gasteiger partial charge >= 0.3 is 0 Å². The average Bonchev–Trinajstić information content (AvgIpc) is 2.28. The third kappa shape index (κ3) is 3.42. The van der Waals surface area contributed by atoms with Gasteiger partial charge in [-0.15, -0.1) is 0 Å². The highest BCUT2D eigenvalue weighted by atomic mass is 32.2. The van der Waals surface area contributed by atoms with Gasteiger partial charge in [0.05, 0.1) is 11.5 Å². The minimum absolute atomic E-state index is 0.181. The van der Waals surface area contributed by atoms with Crippen molar-refractivity contribution in [2.45, 2.75) is 31.2 Å². The van der Waals surface area contributed by atoms with Crippen LogP contribution in [-0.4, -0.2) is 26.2 Å². The molecule has 4 N–H and O–H groups in total. The molecule has 0 saturated carbocycles. The molecule has 1 atom stereocenters. The van der Waals surface area contributed by atoms with Crippen LogP contribution in [0, 0.1) is 0 Å². The molecule has 0 fully saturated rings. The molecule has 1 aromatic carbocycles. The van der Waals surface area contributed by atoms with Crippen molar-refractivity contribution < 1.29 is 13.5 Å². The zero-order valence-corrected chi connectivity index (χ0v) is 10.8. The number of anilines is 1. The summed E-state index contributed by atoms with van der Waals surface area (Å²) in [6.07, 6.45) is 0.601. The summed E-state index contributed by atoms with van der Waals surface area (Å²) < 4.78 is 26.5. The maximum atomic E-state index is 12.1. The van der Waals surface area contributed by atoms with Crippen LogP contribution < -0.4 is 10.5 Å². The fraction of sp³-hybridized carbons (Fsp3) is 0.455. The molecule has 0 saturated heterocycles. The Hall–Kier alpha value is -1.11. The molecule has 0 spiro atoms. The van der Waals surface area contributed by atoms with Crippen LogP contribution in [0.4, 0.5) is 5.69 Å². The summed E-state index contributed by atoms with van der Waals surface area (Å²) >= 11 is 0. The second-order valence-electron chi connectivity index (χ2n) is 3.93. The van der Waals surface area contributed by atoms with E-state index in [-0.39, 0.29) is 11.5 Å². The summed E-state index contributed by atoms with van der Waals surface area (Å²) in [5.74, 6) is 0. The molecular formula is C11H18N2O3S. The number of aliphatic hydroxyl groups excluding tert-OH is 1. The van der Waals surface area contributed by atoms with E-state index >= 15 is 0 Å². The van der Waals surface area contributed by atoms with Gasteiger partial charge in [0.15, 0.2) is 0 Å². The molecule has 0 amide bonds. The normalized spacial score (nSPS) is 13.6. The van der Waals surface area contributed by atoms with Gasteiger partial charge in [0, 0.05) is 11.7 Å². The summed E-state index contributed by atoms with van der Waals surface area (Å²) in [5, 5.41) is 8.87. The van der Waals surface area contributed by atoms with Crippen molar-refractivity contribution in [3.8, 4) is 0 Å². The van der Waals surface area contributed by atoms with Crippen LogP contribution in [0.3, 0.4) is 0 Å². The highest BCUT2D eigenvalue weighted by molar-refractivity contribution is 7.89. The van der Waals surface area contributed by atoms with Crippen LogP contribution >= 0.6 is 0 Å². The summed E-state index contributed by atoms with van der Waals surface area (Å²) in [5.41, 5.74) is 6.71. The van der Waals surface area contributed by atoms with Crippen LogP contribution in [0.25, 0.3) is 0 Å². The number of aliphatic hydroxyl groups is 1. The Morgan fingerprint density at radius 1 is 1.47 bits per heavy atom. The van der Waals surface area contributed by atoms with Crippen LogP contribution in [0.15, 0.2) is 23.1 Å². The first-order valence-corrected chi connectivity index (χ1v) is 6.90. The molecule has 0 radical (unpaired) electrons. The number of aryl methyl sites for hydroxylation is 1. The van der Waals surface area contributed by atoms with Gasteiger partial charge in [-0.1, -0.05) is 13.0 Å². The Labute approximate surface area is 102 Å². The minimum atomic E-state index is -3.63. The van der Waals surface area contributed by atoms with Crippen molar-refractivity contribution in [2.75, 3.05) is 12.3 Å². The monoisotopic (exact) mass is 258 g/mol. The number of hydrogen-bond donors (Lipinski definition) is 3. The van der Waals surface area contributed by atoms with Crippen molar-refractivity contribution in [1.82, 2.24) is 4.72 Å². The highest BCUT2D eigenvalue weighted by Crippen LogP contribution is 2.19. The van der Waals surface area contributed by atoms with Gasteiger partial charge in [-0.25, -0.2) is 13.1 Å². The zero-order valence-electron chi connectivity index (χ0n) is 9.97. The van der Waals surface area contributed by atoms with E-state index in [4.69, 9.17) is 10.8 Å². The number of benzene rings is 1. The number of nitrogen functional groups attached to an aromatic ring is 1. The number of nitrogens with one attached hydrogen (secondary N) is 1. The third-order valence-corrected chi connectivity index (χ3v) is 4.06. The molecule has 1 unspecified atom stereocenters. The Morgan fingerprint density at radius 2 is 2.12 bits per heavy atom. The van der Waals surface area contributed by atoms with E-state index in [1.54, 1.807) is 19.1 Å². The average molecular weight is 258 g/mol. The van der Waals surface area contributed by atoms with E-state index in [0.717, 1.165) is 0 Å². The number of rotatable bonds is 5. The molecule has 1 rings (SSSR count). The lowest BCUT2D eigenvalue weighted by molar-refractivity contribution is 0.265. The Bertz CT molecular complexity index is 485. The van der Waals surface area contributed by atoms with Gasteiger partial charge in [0.25, 0.3) is 0 Å². The maximum absolute atomic E-state index is 12.1. The molecule has 96 valence electrons. The smallest absolute Gasteiger partial charge is 0.241 e. The van der Waals surface area contributed by atoms with Crippen LogP contribution in [0.5, 0.6) is 0 Å². The summed E-state index contributed by atoms with van der Waals surface area (Å²) in [6, 6.07) is 4.29. The highest BCUT2D eigenvalue weighted by Gasteiger charge is 2.20. The quantitative estimate of drug-likeness (QED) is 0.670. The van der Waals surface area contributed by atoms with Crippen LogP contribution in [0.1, 0.15) is 19.4 Å². The second kappa shape index (κ2) is 5.48. The first-order chi connectivity index (χ1) is 7.90. The van der Waals surface area contributed by atoms with Crippen LogP contribution in [-0.2, 0) is 16.4 Å². The lowest BCUT2D eigenvalue weighted by Gasteiger charge is -2.14. The molecule has 0 aliphatic rings. The van der Waals surface area contributed by atoms with Gasteiger partial charge < -0.3 is 10.8 Å². The fourth-order valence-corrected chi connectivity index (χ4v) is 3.06. The van der Waals surface area contributed by atoms with Crippen molar-refractivity contribution in [1.29, 1.82) is 0 Å². The van der Waals surface area contributed by atoms with Crippen molar-refractivity contribution in [3.05, 3.63) is 23.8 Å². The standard InChI is InChI=1S/C11H18N2O3S/c1-3-9-4-5-10(12)6-11(9)17(15,16)13-8(2)7-14/h4-6,8,13-14H,3,7,12H2,1-2H3. The first kappa shape index (κ1) is 14.0. The Kier molecular flexibility index (Phi) is 4.50. The molecule has 0 aliphatic carbocycles.